The van der Waals surface area contributed by atoms with Crippen LogP contribution < -0.4 is 16.2 Å². The van der Waals surface area contributed by atoms with Crippen LogP contribution in [0.3, 0.4) is 0 Å². The normalized spacial score (nSPS) is 11.0. The second-order valence-corrected chi connectivity index (χ2v) is 8.18. The minimum absolute atomic E-state index is 0.0106. The van der Waals surface area contributed by atoms with E-state index in [1.54, 1.807) is 31.4 Å². The predicted molar refractivity (Wildman–Crippen MR) is 131 cm³/mol. The molecule has 8 nitrogen and oxygen atoms in total. The lowest BCUT2D eigenvalue weighted by Gasteiger charge is -2.14. The third-order valence-corrected chi connectivity index (χ3v) is 6.00. The van der Waals surface area contributed by atoms with Gasteiger partial charge in [0.1, 0.15) is 11.4 Å². The van der Waals surface area contributed by atoms with Crippen LogP contribution in [0.15, 0.2) is 48.5 Å². The Bertz CT molecular complexity index is 1390. The van der Waals surface area contributed by atoms with Crippen molar-refractivity contribution in [2.75, 3.05) is 7.11 Å². The maximum atomic E-state index is 12.6. The van der Waals surface area contributed by atoms with Gasteiger partial charge in [-0.25, -0.2) is 4.98 Å². The number of carbonyl (C=O) groups excluding carboxylic acids is 2. The molecule has 0 atom stereocenters. The lowest BCUT2D eigenvalue weighted by molar-refractivity contribution is 0.0996. The van der Waals surface area contributed by atoms with Crippen LogP contribution in [0, 0.1) is 13.8 Å². The van der Waals surface area contributed by atoms with Crippen molar-refractivity contribution in [2.45, 2.75) is 33.2 Å². The molecule has 0 aliphatic rings. The van der Waals surface area contributed by atoms with Gasteiger partial charge in [-0.1, -0.05) is 30.3 Å². The molecule has 2 aromatic carbocycles. The van der Waals surface area contributed by atoms with Crippen LogP contribution in [0.1, 0.15) is 44.2 Å². The highest BCUT2D eigenvalue weighted by Crippen LogP contribution is 2.36. The molecule has 0 aliphatic heterocycles. The predicted octanol–water partition coefficient (Wildman–Crippen LogP) is 3.55. The molecule has 8 heteroatoms. The number of benzene rings is 2. The Morgan fingerprint density at radius 2 is 1.68 bits per heavy atom. The molecule has 0 bridgehead atoms. The number of carbonyl (C=O) groups is 2. The van der Waals surface area contributed by atoms with Crippen molar-refractivity contribution in [3.8, 4) is 16.9 Å². The van der Waals surface area contributed by atoms with Crippen molar-refractivity contribution in [3.63, 3.8) is 0 Å². The summed E-state index contributed by atoms with van der Waals surface area (Å²) in [5.74, 6) is -0.553. The molecule has 34 heavy (non-hydrogen) atoms. The summed E-state index contributed by atoms with van der Waals surface area (Å²) >= 11 is 0. The summed E-state index contributed by atoms with van der Waals surface area (Å²) in [6, 6.07) is 15.0. The molecule has 0 spiro atoms. The molecule has 174 valence electrons. The summed E-state index contributed by atoms with van der Waals surface area (Å²) in [4.78, 5) is 29.5. The second kappa shape index (κ2) is 9.35. The van der Waals surface area contributed by atoms with Gasteiger partial charge >= 0.3 is 0 Å². The first-order valence-electron chi connectivity index (χ1n) is 11.0. The van der Waals surface area contributed by atoms with E-state index in [2.05, 4.69) is 4.98 Å². The fourth-order valence-corrected chi connectivity index (χ4v) is 4.39. The Kier molecular flexibility index (Phi) is 6.32. The largest absolute Gasteiger partial charge is 0.497 e. The van der Waals surface area contributed by atoms with Gasteiger partial charge in [-0.3, -0.25) is 14.3 Å². The first-order chi connectivity index (χ1) is 16.3. The number of nitrogens with zero attached hydrogens (tertiary/aromatic N) is 3. The molecule has 0 radical (unpaired) electrons. The van der Waals surface area contributed by atoms with Crippen LogP contribution in [-0.4, -0.2) is 33.7 Å². The molecule has 0 saturated heterocycles. The van der Waals surface area contributed by atoms with E-state index in [9.17, 15) is 9.59 Å². The maximum absolute atomic E-state index is 12.6. The van der Waals surface area contributed by atoms with E-state index >= 15 is 0 Å². The number of para-hydroxylation sites is 1. The third kappa shape index (κ3) is 4.22. The molecule has 2 heterocycles. The molecule has 0 aliphatic carbocycles. The van der Waals surface area contributed by atoms with Gasteiger partial charge in [-0.05, 0) is 50.5 Å². The molecule has 4 N–H and O–H groups in total. The number of ether oxygens (including phenoxy) is 1. The van der Waals surface area contributed by atoms with Gasteiger partial charge in [0.05, 0.1) is 23.9 Å². The van der Waals surface area contributed by atoms with Crippen LogP contribution in [0.2, 0.25) is 0 Å². The van der Waals surface area contributed by atoms with Gasteiger partial charge in [0, 0.05) is 28.8 Å². The second-order valence-electron chi connectivity index (χ2n) is 8.18. The van der Waals surface area contributed by atoms with E-state index in [-0.39, 0.29) is 11.3 Å². The number of hydrogen-bond donors (Lipinski definition) is 2. The number of primary amides is 2. The van der Waals surface area contributed by atoms with Crippen molar-refractivity contribution in [1.82, 2.24) is 14.8 Å². The zero-order valence-electron chi connectivity index (χ0n) is 19.5. The molecule has 0 fully saturated rings. The number of methoxy groups -OCH3 is 1. The van der Waals surface area contributed by atoms with E-state index in [1.165, 1.54) is 5.56 Å². The van der Waals surface area contributed by atoms with Gasteiger partial charge in [0.25, 0.3) is 5.91 Å². The van der Waals surface area contributed by atoms with Crippen LogP contribution >= 0.6 is 0 Å². The molecule has 4 aromatic rings. The van der Waals surface area contributed by atoms with E-state index in [0.29, 0.717) is 34.3 Å². The van der Waals surface area contributed by atoms with Gasteiger partial charge in [-0.2, -0.15) is 5.10 Å². The SMILES string of the molecule is COc1ccc(CCCn2nc(C)c(-c3c(C(N)=O)nc4ccccc4c3C(N)=O)c2C)cc1. The summed E-state index contributed by atoms with van der Waals surface area (Å²) in [5.41, 5.74) is 15.9. The molecular weight excluding hydrogens is 430 g/mol. The number of aromatic nitrogens is 3. The molecule has 0 unspecified atom stereocenters. The molecular formula is C26H27N5O3. The van der Waals surface area contributed by atoms with Crippen molar-refractivity contribution >= 4 is 22.7 Å². The topological polar surface area (TPSA) is 126 Å². The Labute approximate surface area is 197 Å². The van der Waals surface area contributed by atoms with E-state index in [4.69, 9.17) is 21.3 Å². The third-order valence-electron chi connectivity index (χ3n) is 6.00. The highest BCUT2D eigenvalue weighted by Gasteiger charge is 2.27. The molecule has 4 rings (SSSR count). The summed E-state index contributed by atoms with van der Waals surface area (Å²) in [6.45, 7) is 4.41. The summed E-state index contributed by atoms with van der Waals surface area (Å²) in [6.07, 6.45) is 1.73. The van der Waals surface area contributed by atoms with E-state index in [1.807, 2.05) is 42.8 Å². The van der Waals surface area contributed by atoms with Gasteiger partial charge < -0.3 is 16.2 Å². The van der Waals surface area contributed by atoms with Crippen molar-refractivity contribution < 1.29 is 14.3 Å². The number of rotatable bonds is 8. The van der Waals surface area contributed by atoms with Crippen LogP contribution in [0.5, 0.6) is 5.75 Å². The minimum atomic E-state index is -0.727. The standard InChI is InChI=1S/C26H27N5O3/c1-15-21(16(2)31(30-15)14-6-7-17-10-12-18(34-3)13-11-17)23-22(25(27)32)19-8-4-5-9-20(19)29-24(23)26(28)33/h4-5,8-13H,6-7,14H2,1-3H3,(H2,27,32)(H2,28,33). The Hall–Kier alpha value is -4.20. The van der Waals surface area contributed by atoms with Crippen molar-refractivity contribution in [2.24, 2.45) is 11.5 Å². The quantitative estimate of drug-likeness (QED) is 0.418. The average Bonchev–Trinajstić information content (AvgIpc) is 3.10. The maximum Gasteiger partial charge on any atom is 0.267 e. The fourth-order valence-electron chi connectivity index (χ4n) is 4.39. The van der Waals surface area contributed by atoms with Crippen molar-refractivity contribution in [1.29, 1.82) is 0 Å². The highest BCUT2D eigenvalue weighted by atomic mass is 16.5. The summed E-state index contributed by atoms with van der Waals surface area (Å²) < 4.78 is 7.10. The lowest BCUT2D eigenvalue weighted by atomic mass is 9.92. The molecule has 2 amide bonds. The van der Waals surface area contributed by atoms with Crippen molar-refractivity contribution in [3.05, 3.63) is 76.7 Å². The zero-order valence-corrected chi connectivity index (χ0v) is 19.5. The molecule has 0 saturated carbocycles. The van der Waals surface area contributed by atoms with Crippen LogP contribution in [-0.2, 0) is 13.0 Å². The van der Waals surface area contributed by atoms with Gasteiger partial charge in [0.2, 0.25) is 5.91 Å². The van der Waals surface area contributed by atoms with Gasteiger partial charge in [-0.15, -0.1) is 0 Å². The minimum Gasteiger partial charge on any atom is -0.497 e. The monoisotopic (exact) mass is 457 g/mol. The smallest absolute Gasteiger partial charge is 0.267 e. The average molecular weight is 458 g/mol. The first kappa shape index (κ1) is 23.0. The number of fused-ring (bicyclic) bond motifs is 1. The number of hydrogen-bond acceptors (Lipinski definition) is 5. The number of nitrogens with two attached hydrogens (primary N) is 2. The van der Waals surface area contributed by atoms with Crippen LogP contribution in [0.25, 0.3) is 22.0 Å². The fraction of sp³-hybridized carbons (Fsp3) is 0.231. The van der Waals surface area contributed by atoms with E-state index < -0.39 is 11.8 Å². The Balaban J connectivity index is 1.74. The Morgan fingerprint density at radius 3 is 2.32 bits per heavy atom. The number of amides is 2. The van der Waals surface area contributed by atoms with Gasteiger partial charge in [0.15, 0.2) is 0 Å². The zero-order chi connectivity index (χ0) is 24.4. The first-order valence-corrected chi connectivity index (χ1v) is 11.0. The lowest BCUT2D eigenvalue weighted by Crippen LogP contribution is -2.21. The van der Waals surface area contributed by atoms with E-state index in [0.717, 1.165) is 24.3 Å². The highest BCUT2D eigenvalue weighted by molar-refractivity contribution is 6.15. The number of pyridine rings is 1. The van der Waals surface area contributed by atoms with Crippen LogP contribution in [0.4, 0.5) is 0 Å². The Morgan fingerprint density at radius 1 is 0.971 bits per heavy atom. The number of aryl methyl sites for hydroxylation is 3. The molecule has 2 aromatic heterocycles. The summed E-state index contributed by atoms with van der Waals surface area (Å²) in [7, 11) is 1.65. The summed E-state index contributed by atoms with van der Waals surface area (Å²) in [5, 5.41) is 5.26.